The fourth-order valence-corrected chi connectivity index (χ4v) is 2.00. The van der Waals surface area contributed by atoms with Gasteiger partial charge in [0.1, 0.15) is 18.5 Å². The van der Waals surface area contributed by atoms with Gasteiger partial charge in [-0.05, 0) is 23.3 Å². The first-order valence-electron chi connectivity index (χ1n) is 6.45. The quantitative estimate of drug-likeness (QED) is 0.769. The molecule has 0 aliphatic heterocycles. The van der Waals surface area contributed by atoms with Crippen molar-refractivity contribution in [2.24, 2.45) is 0 Å². The van der Waals surface area contributed by atoms with Crippen molar-refractivity contribution in [2.75, 3.05) is 5.32 Å². The molecule has 3 aromatic rings. The van der Waals surface area contributed by atoms with E-state index < -0.39 is 0 Å². The molecule has 2 heterocycles. The summed E-state index contributed by atoms with van der Waals surface area (Å²) in [6.07, 6.45) is 5.05. The Morgan fingerprint density at radius 3 is 2.80 bits per heavy atom. The Hall–Kier alpha value is -2.69. The number of nitrogens with zero attached hydrogens (tertiary/aromatic N) is 4. The molecule has 0 radical (unpaired) electrons. The van der Waals surface area contributed by atoms with Crippen molar-refractivity contribution in [2.45, 2.75) is 13.1 Å². The molecule has 20 heavy (non-hydrogen) atoms. The van der Waals surface area contributed by atoms with Crippen molar-refractivity contribution in [3.8, 4) is 0 Å². The zero-order chi connectivity index (χ0) is 13.6. The Kier molecular flexibility index (Phi) is 3.68. The van der Waals surface area contributed by atoms with Crippen LogP contribution in [0.15, 0.2) is 61.3 Å². The number of hydrogen-bond donors (Lipinski definition) is 1. The third kappa shape index (κ3) is 3.20. The number of aromatic nitrogens is 4. The van der Waals surface area contributed by atoms with Crippen LogP contribution < -0.4 is 5.32 Å². The van der Waals surface area contributed by atoms with E-state index in [1.165, 1.54) is 11.1 Å². The highest BCUT2D eigenvalue weighted by atomic mass is 15.3. The van der Waals surface area contributed by atoms with Crippen LogP contribution in [-0.4, -0.2) is 19.7 Å². The van der Waals surface area contributed by atoms with Gasteiger partial charge < -0.3 is 5.32 Å². The molecule has 0 fully saturated rings. The van der Waals surface area contributed by atoms with Crippen molar-refractivity contribution in [1.82, 2.24) is 19.7 Å². The molecule has 3 rings (SSSR count). The summed E-state index contributed by atoms with van der Waals surface area (Å²) in [5, 5.41) is 7.42. The smallest absolute Gasteiger partial charge is 0.137 e. The van der Waals surface area contributed by atoms with Gasteiger partial charge in [0.2, 0.25) is 0 Å². The van der Waals surface area contributed by atoms with Crippen LogP contribution in [-0.2, 0) is 13.1 Å². The van der Waals surface area contributed by atoms with Gasteiger partial charge in [0.15, 0.2) is 0 Å². The van der Waals surface area contributed by atoms with Crippen molar-refractivity contribution < 1.29 is 0 Å². The predicted octanol–water partition coefficient (Wildman–Crippen LogP) is 2.33. The van der Waals surface area contributed by atoms with Crippen molar-refractivity contribution in [3.63, 3.8) is 0 Å². The molecule has 0 saturated heterocycles. The summed E-state index contributed by atoms with van der Waals surface area (Å²) in [5.74, 6) is 0.883. The summed E-state index contributed by atoms with van der Waals surface area (Å²) in [6, 6.07) is 14.2. The number of pyridine rings is 1. The highest BCUT2D eigenvalue weighted by Gasteiger charge is 1.99. The summed E-state index contributed by atoms with van der Waals surface area (Å²) in [7, 11) is 0. The molecule has 100 valence electrons. The molecule has 0 aliphatic rings. The molecule has 0 amide bonds. The van der Waals surface area contributed by atoms with E-state index >= 15 is 0 Å². The van der Waals surface area contributed by atoms with Gasteiger partial charge in [-0.3, -0.25) is 0 Å². The van der Waals surface area contributed by atoms with E-state index in [0.717, 1.165) is 18.9 Å². The molecular formula is C15H15N5. The predicted molar refractivity (Wildman–Crippen MR) is 77.1 cm³/mol. The van der Waals surface area contributed by atoms with E-state index in [1.807, 2.05) is 22.9 Å². The summed E-state index contributed by atoms with van der Waals surface area (Å²) in [6.45, 7) is 1.49. The van der Waals surface area contributed by atoms with E-state index in [-0.39, 0.29) is 0 Å². The van der Waals surface area contributed by atoms with Gasteiger partial charge in [0, 0.05) is 12.7 Å². The molecule has 0 spiro atoms. The van der Waals surface area contributed by atoms with Gasteiger partial charge in [-0.2, -0.15) is 5.10 Å². The lowest BCUT2D eigenvalue weighted by Crippen LogP contribution is -2.03. The van der Waals surface area contributed by atoms with Crippen LogP contribution in [0.3, 0.4) is 0 Å². The molecule has 0 bridgehead atoms. The normalized spacial score (nSPS) is 10.4. The SMILES string of the molecule is c1ccc(NCc2cccc(Cn3cncn3)c2)nc1. The fraction of sp³-hybridized carbons (Fsp3) is 0.133. The lowest BCUT2D eigenvalue weighted by molar-refractivity contribution is 0.684. The Bertz CT molecular complexity index is 649. The maximum Gasteiger partial charge on any atom is 0.137 e. The number of anilines is 1. The van der Waals surface area contributed by atoms with Crippen LogP contribution in [0.4, 0.5) is 5.82 Å². The van der Waals surface area contributed by atoms with E-state index in [1.54, 1.807) is 18.9 Å². The molecule has 1 N–H and O–H groups in total. The average molecular weight is 265 g/mol. The first-order valence-corrected chi connectivity index (χ1v) is 6.45. The van der Waals surface area contributed by atoms with Crippen LogP contribution >= 0.6 is 0 Å². The van der Waals surface area contributed by atoms with Crippen molar-refractivity contribution >= 4 is 5.82 Å². The van der Waals surface area contributed by atoms with Crippen LogP contribution in [0, 0.1) is 0 Å². The average Bonchev–Trinajstić information content (AvgIpc) is 3.00. The maximum atomic E-state index is 4.24. The second-order valence-electron chi connectivity index (χ2n) is 4.48. The second kappa shape index (κ2) is 5.97. The Morgan fingerprint density at radius 1 is 1.05 bits per heavy atom. The van der Waals surface area contributed by atoms with Gasteiger partial charge in [-0.1, -0.05) is 30.3 Å². The Labute approximate surface area is 117 Å². The lowest BCUT2D eigenvalue weighted by atomic mass is 10.1. The number of rotatable bonds is 5. The molecule has 0 unspecified atom stereocenters. The molecule has 0 aliphatic carbocycles. The minimum absolute atomic E-state index is 0.734. The molecule has 2 aromatic heterocycles. The Balaban J connectivity index is 1.65. The highest BCUT2D eigenvalue weighted by Crippen LogP contribution is 2.09. The molecule has 0 atom stereocenters. The number of hydrogen-bond acceptors (Lipinski definition) is 4. The molecule has 5 nitrogen and oxygen atoms in total. The first kappa shape index (κ1) is 12.3. The zero-order valence-electron chi connectivity index (χ0n) is 11.0. The van der Waals surface area contributed by atoms with Gasteiger partial charge >= 0.3 is 0 Å². The second-order valence-corrected chi connectivity index (χ2v) is 4.48. The summed E-state index contributed by atoms with van der Waals surface area (Å²) >= 11 is 0. The topological polar surface area (TPSA) is 55.6 Å². The third-order valence-corrected chi connectivity index (χ3v) is 2.94. The van der Waals surface area contributed by atoms with E-state index in [4.69, 9.17) is 0 Å². The monoisotopic (exact) mass is 265 g/mol. The lowest BCUT2D eigenvalue weighted by Gasteiger charge is -2.07. The van der Waals surface area contributed by atoms with Crippen LogP contribution in [0.25, 0.3) is 0 Å². The third-order valence-electron chi connectivity index (χ3n) is 2.94. The summed E-state index contributed by atoms with van der Waals surface area (Å²) < 4.78 is 1.81. The Morgan fingerprint density at radius 2 is 2.00 bits per heavy atom. The van der Waals surface area contributed by atoms with Gasteiger partial charge in [-0.25, -0.2) is 14.6 Å². The molecular weight excluding hydrogens is 250 g/mol. The van der Waals surface area contributed by atoms with Crippen LogP contribution in [0.1, 0.15) is 11.1 Å². The van der Waals surface area contributed by atoms with Crippen LogP contribution in [0.5, 0.6) is 0 Å². The van der Waals surface area contributed by atoms with Gasteiger partial charge in [-0.15, -0.1) is 0 Å². The van der Waals surface area contributed by atoms with Crippen molar-refractivity contribution in [3.05, 3.63) is 72.4 Å². The minimum atomic E-state index is 0.734. The first-order chi connectivity index (χ1) is 9.90. The maximum absolute atomic E-state index is 4.24. The summed E-state index contributed by atoms with van der Waals surface area (Å²) in [4.78, 5) is 8.19. The van der Waals surface area contributed by atoms with E-state index in [2.05, 4.69) is 44.6 Å². The van der Waals surface area contributed by atoms with Gasteiger partial charge in [0.25, 0.3) is 0 Å². The molecule has 5 heteroatoms. The number of nitrogens with one attached hydrogen (secondary N) is 1. The van der Waals surface area contributed by atoms with Gasteiger partial charge in [0.05, 0.1) is 6.54 Å². The van der Waals surface area contributed by atoms with E-state index in [9.17, 15) is 0 Å². The fourth-order valence-electron chi connectivity index (χ4n) is 2.00. The van der Waals surface area contributed by atoms with Crippen LogP contribution in [0.2, 0.25) is 0 Å². The molecule has 0 saturated carbocycles. The largest absolute Gasteiger partial charge is 0.366 e. The highest BCUT2D eigenvalue weighted by molar-refractivity contribution is 5.35. The van der Waals surface area contributed by atoms with E-state index in [0.29, 0.717) is 0 Å². The zero-order valence-corrected chi connectivity index (χ0v) is 11.0. The minimum Gasteiger partial charge on any atom is -0.366 e. The van der Waals surface area contributed by atoms with Crippen molar-refractivity contribution in [1.29, 1.82) is 0 Å². The summed E-state index contributed by atoms with van der Waals surface area (Å²) in [5.41, 5.74) is 2.42. The molecule has 1 aromatic carbocycles. The standard InChI is InChI=1S/C15H15N5/c1-2-7-17-15(6-1)18-9-13-4-3-5-14(8-13)10-20-12-16-11-19-20/h1-8,11-12H,9-10H2,(H,17,18). The number of benzene rings is 1.